The first kappa shape index (κ1) is 11.5. The minimum atomic E-state index is -0.227. The van der Waals surface area contributed by atoms with E-state index in [2.05, 4.69) is 4.74 Å². The van der Waals surface area contributed by atoms with Gasteiger partial charge in [0.15, 0.2) is 0 Å². The van der Waals surface area contributed by atoms with Crippen LogP contribution in [-0.4, -0.2) is 39.0 Å². The molecule has 0 bridgehead atoms. The maximum Gasteiger partial charge on any atom is 0.307 e. The minimum Gasteiger partial charge on any atom is -0.469 e. The Bertz CT molecular complexity index is 164. The SMILES string of the molecule is COC(=O)CCOCC1CCCCO1. The van der Waals surface area contributed by atoms with E-state index < -0.39 is 0 Å². The van der Waals surface area contributed by atoms with Gasteiger partial charge in [0.2, 0.25) is 0 Å². The van der Waals surface area contributed by atoms with Gasteiger partial charge in [-0.2, -0.15) is 0 Å². The van der Waals surface area contributed by atoms with Gasteiger partial charge in [0.05, 0.1) is 32.8 Å². The van der Waals surface area contributed by atoms with Crippen LogP contribution in [-0.2, 0) is 19.0 Å². The average molecular weight is 202 g/mol. The topological polar surface area (TPSA) is 44.8 Å². The summed E-state index contributed by atoms with van der Waals surface area (Å²) in [6.45, 7) is 1.86. The lowest BCUT2D eigenvalue weighted by atomic mass is 10.1. The van der Waals surface area contributed by atoms with E-state index in [1.54, 1.807) is 0 Å². The van der Waals surface area contributed by atoms with E-state index in [-0.39, 0.29) is 12.1 Å². The van der Waals surface area contributed by atoms with Crippen molar-refractivity contribution in [1.82, 2.24) is 0 Å². The molecule has 1 saturated heterocycles. The Kier molecular flexibility index (Phi) is 5.56. The molecule has 14 heavy (non-hydrogen) atoms. The van der Waals surface area contributed by atoms with Gasteiger partial charge in [-0.15, -0.1) is 0 Å². The third kappa shape index (κ3) is 4.58. The van der Waals surface area contributed by atoms with Crippen LogP contribution in [0.1, 0.15) is 25.7 Å². The molecule has 0 aromatic rings. The monoisotopic (exact) mass is 202 g/mol. The van der Waals surface area contributed by atoms with Gasteiger partial charge in [-0.05, 0) is 19.3 Å². The molecule has 1 atom stereocenters. The van der Waals surface area contributed by atoms with Gasteiger partial charge in [0.25, 0.3) is 0 Å². The molecule has 1 unspecified atom stereocenters. The zero-order chi connectivity index (χ0) is 10.2. The Balaban J connectivity index is 1.94. The van der Waals surface area contributed by atoms with Crippen molar-refractivity contribution in [3.63, 3.8) is 0 Å². The standard InChI is InChI=1S/C10H18O4/c1-12-10(11)5-7-13-8-9-4-2-3-6-14-9/h9H,2-8H2,1H3. The molecule has 4 heteroatoms. The number of carbonyl (C=O) groups excluding carboxylic acids is 1. The first-order valence-corrected chi connectivity index (χ1v) is 5.09. The summed E-state index contributed by atoms with van der Waals surface area (Å²) in [6, 6.07) is 0. The van der Waals surface area contributed by atoms with Gasteiger partial charge in [-0.3, -0.25) is 4.79 Å². The van der Waals surface area contributed by atoms with Crippen molar-refractivity contribution in [2.75, 3.05) is 26.9 Å². The quantitative estimate of drug-likeness (QED) is 0.495. The Morgan fingerprint density at radius 2 is 2.36 bits per heavy atom. The Morgan fingerprint density at radius 1 is 1.50 bits per heavy atom. The van der Waals surface area contributed by atoms with Crippen molar-refractivity contribution in [1.29, 1.82) is 0 Å². The highest BCUT2D eigenvalue weighted by molar-refractivity contribution is 5.69. The zero-order valence-corrected chi connectivity index (χ0v) is 8.66. The fraction of sp³-hybridized carbons (Fsp3) is 0.900. The summed E-state index contributed by atoms with van der Waals surface area (Å²) in [4.78, 5) is 10.7. The maximum atomic E-state index is 10.7. The fourth-order valence-electron chi connectivity index (χ4n) is 1.41. The number of esters is 1. The van der Waals surface area contributed by atoms with Gasteiger partial charge in [-0.1, -0.05) is 0 Å². The van der Waals surface area contributed by atoms with Crippen LogP contribution >= 0.6 is 0 Å². The van der Waals surface area contributed by atoms with Crippen molar-refractivity contribution >= 4 is 5.97 Å². The van der Waals surface area contributed by atoms with Crippen molar-refractivity contribution in [2.24, 2.45) is 0 Å². The van der Waals surface area contributed by atoms with Gasteiger partial charge in [0, 0.05) is 6.61 Å². The third-order valence-electron chi connectivity index (χ3n) is 2.26. The summed E-state index contributed by atoms with van der Waals surface area (Å²) in [6.07, 6.45) is 3.98. The van der Waals surface area contributed by atoms with Crippen LogP contribution in [0.5, 0.6) is 0 Å². The fourth-order valence-corrected chi connectivity index (χ4v) is 1.41. The number of carbonyl (C=O) groups is 1. The first-order chi connectivity index (χ1) is 6.83. The Morgan fingerprint density at radius 3 is 3.00 bits per heavy atom. The molecular formula is C10H18O4. The van der Waals surface area contributed by atoms with E-state index >= 15 is 0 Å². The van der Waals surface area contributed by atoms with E-state index in [0.717, 1.165) is 19.4 Å². The molecule has 4 nitrogen and oxygen atoms in total. The Labute approximate surface area is 84.5 Å². The second kappa shape index (κ2) is 6.79. The number of ether oxygens (including phenoxy) is 3. The van der Waals surface area contributed by atoms with Crippen LogP contribution in [0.25, 0.3) is 0 Å². The summed E-state index contributed by atoms with van der Waals surface area (Å²) < 4.78 is 15.3. The lowest BCUT2D eigenvalue weighted by Crippen LogP contribution is -2.24. The minimum absolute atomic E-state index is 0.224. The summed E-state index contributed by atoms with van der Waals surface area (Å²) >= 11 is 0. The van der Waals surface area contributed by atoms with E-state index in [9.17, 15) is 4.79 Å². The largest absolute Gasteiger partial charge is 0.469 e. The van der Waals surface area contributed by atoms with E-state index in [1.807, 2.05) is 0 Å². The maximum absolute atomic E-state index is 10.7. The summed E-state index contributed by atoms with van der Waals surface area (Å²) in [5.74, 6) is -0.227. The van der Waals surface area contributed by atoms with Gasteiger partial charge >= 0.3 is 5.97 Å². The van der Waals surface area contributed by atoms with Crippen LogP contribution in [0.15, 0.2) is 0 Å². The molecule has 1 aliphatic heterocycles. The molecule has 0 saturated carbocycles. The average Bonchev–Trinajstić information content (AvgIpc) is 2.25. The van der Waals surface area contributed by atoms with Crippen LogP contribution in [0.2, 0.25) is 0 Å². The van der Waals surface area contributed by atoms with Gasteiger partial charge in [0.1, 0.15) is 0 Å². The summed E-state index contributed by atoms with van der Waals surface area (Å²) in [5, 5.41) is 0. The molecule has 0 aromatic carbocycles. The van der Waals surface area contributed by atoms with Crippen molar-refractivity contribution in [2.45, 2.75) is 31.8 Å². The molecule has 1 fully saturated rings. The molecule has 0 aromatic heterocycles. The number of rotatable bonds is 5. The number of hydrogen-bond acceptors (Lipinski definition) is 4. The van der Waals surface area contributed by atoms with Crippen LogP contribution in [0, 0.1) is 0 Å². The van der Waals surface area contributed by atoms with Crippen molar-refractivity contribution in [3.8, 4) is 0 Å². The first-order valence-electron chi connectivity index (χ1n) is 5.09. The molecule has 1 heterocycles. The highest BCUT2D eigenvalue weighted by Gasteiger charge is 2.13. The van der Waals surface area contributed by atoms with Crippen LogP contribution in [0.3, 0.4) is 0 Å². The second-order valence-corrected chi connectivity index (χ2v) is 3.39. The molecule has 0 amide bonds. The predicted molar refractivity (Wildman–Crippen MR) is 51.0 cm³/mol. The third-order valence-corrected chi connectivity index (χ3v) is 2.26. The van der Waals surface area contributed by atoms with Crippen LogP contribution < -0.4 is 0 Å². The van der Waals surface area contributed by atoms with E-state index in [4.69, 9.17) is 9.47 Å². The summed E-state index contributed by atoms with van der Waals surface area (Å²) in [7, 11) is 1.38. The molecule has 1 rings (SSSR count). The van der Waals surface area contributed by atoms with Crippen molar-refractivity contribution < 1.29 is 19.0 Å². The second-order valence-electron chi connectivity index (χ2n) is 3.39. The zero-order valence-electron chi connectivity index (χ0n) is 8.66. The smallest absolute Gasteiger partial charge is 0.307 e. The molecule has 0 N–H and O–H groups in total. The van der Waals surface area contributed by atoms with E-state index in [0.29, 0.717) is 19.6 Å². The molecule has 82 valence electrons. The van der Waals surface area contributed by atoms with Crippen molar-refractivity contribution in [3.05, 3.63) is 0 Å². The molecule has 0 spiro atoms. The van der Waals surface area contributed by atoms with Gasteiger partial charge in [-0.25, -0.2) is 0 Å². The molecule has 0 radical (unpaired) electrons. The summed E-state index contributed by atoms with van der Waals surface area (Å²) in [5.41, 5.74) is 0. The number of hydrogen-bond donors (Lipinski definition) is 0. The van der Waals surface area contributed by atoms with E-state index in [1.165, 1.54) is 13.5 Å². The molecular weight excluding hydrogens is 184 g/mol. The predicted octanol–water partition coefficient (Wildman–Crippen LogP) is 1.14. The Hall–Kier alpha value is -0.610. The normalized spacial score (nSPS) is 21.9. The highest BCUT2D eigenvalue weighted by atomic mass is 16.5. The highest BCUT2D eigenvalue weighted by Crippen LogP contribution is 2.12. The lowest BCUT2D eigenvalue weighted by molar-refractivity contribution is -0.142. The lowest BCUT2D eigenvalue weighted by Gasteiger charge is -2.22. The molecule has 0 aliphatic carbocycles. The van der Waals surface area contributed by atoms with Gasteiger partial charge < -0.3 is 14.2 Å². The van der Waals surface area contributed by atoms with Crippen LogP contribution in [0.4, 0.5) is 0 Å². The molecule has 1 aliphatic rings. The number of methoxy groups -OCH3 is 1.